The lowest BCUT2D eigenvalue weighted by molar-refractivity contribution is 0.0963. The molecule has 0 bridgehead atoms. The van der Waals surface area contributed by atoms with Crippen molar-refractivity contribution in [2.75, 3.05) is 28.8 Å². The van der Waals surface area contributed by atoms with Crippen molar-refractivity contribution in [2.45, 2.75) is 38.3 Å². The molecule has 2 aromatic carbocycles. The van der Waals surface area contributed by atoms with Crippen LogP contribution in [0, 0.1) is 6.92 Å². The fourth-order valence-corrected chi connectivity index (χ4v) is 5.51. The molecule has 0 unspecified atom stereocenters. The number of fused-ring (bicyclic) bond motifs is 1. The van der Waals surface area contributed by atoms with Crippen LogP contribution in [0.1, 0.15) is 24.8 Å². The first-order valence-corrected chi connectivity index (χ1v) is 11.3. The minimum Gasteiger partial charge on any atom is -0.380 e. The summed E-state index contributed by atoms with van der Waals surface area (Å²) in [5, 5.41) is 3.49. The van der Waals surface area contributed by atoms with Gasteiger partial charge in [-0.2, -0.15) is 0 Å². The SMILES string of the molecule is CO[C@@H](CCN1c2ccccc2N(c2ccccc2C)S1(O)O)CNC1CC1. The molecule has 2 aliphatic rings. The third-order valence-electron chi connectivity index (χ3n) is 5.44. The summed E-state index contributed by atoms with van der Waals surface area (Å²) in [6.45, 7) is 3.28. The summed E-state index contributed by atoms with van der Waals surface area (Å²) in [5.74, 6) is 0. The van der Waals surface area contributed by atoms with Crippen molar-refractivity contribution in [1.29, 1.82) is 0 Å². The molecule has 1 aliphatic heterocycles. The van der Waals surface area contributed by atoms with Crippen molar-refractivity contribution < 1.29 is 13.8 Å². The average Bonchev–Trinajstić information content (AvgIpc) is 3.48. The second kappa shape index (κ2) is 7.93. The maximum Gasteiger partial charge on any atom is 0.0896 e. The van der Waals surface area contributed by atoms with Crippen LogP contribution >= 0.6 is 11.0 Å². The maximum atomic E-state index is 11.3. The maximum absolute atomic E-state index is 11.3. The predicted octanol–water partition coefficient (Wildman–Crippen LogP) is 4.69. The molecule has 152 valence electrons. The molecule has 0 spiro atoms. The number of rotatable bonds is 8. The highest BCUT2D eigenvalue weighted by Crippen LogP contribution is 2.64. The summed E-state index contributed by atoms with van der Waals surface area (Å²) in [5.41, 5.74) is 3.48. The number of anilines is 3. The average molecular weight is 404 g/mol. The van der Waals surface area contributed by atoms with Crippen molar-refractivity contribution in [3.8, 4) is 0 Å². The number of benzene rings is 2. The van der Waals surface area contributed by atoms with Gasteiger partial charge >= 0.3 is 0 Å². The first-order chi connectivity index (χ1) is 13.5. The predicted molar refractivity (Wildman–Crippen MR) is 116 cm³/mol. The molecule has 4 rings (SSSR count). The van der Waals surface area contributed by atoms with E-state index in [1.165, 1.54) is 12.8 Å². The van der Waals surface area contributed by atoms with Gasteiger partial charge in [-0.15, -0.1) is 0 Å². The summed E-state index contributed by atoms with van der Waals surface area (Å²) in [7, 11) is -1.48. The van der Waals surface area contributed by atoms with Gasteiger partial charge in [-0.3, -0.25) is 13.4 Å². The molecule has 1 heterocycles. The van der Waals surface area contributed by atoms with Gasteiger partial charge in [0, 0.05) is 26.2 Å². The number of hydrogen-bond acceptors (Lipinski definition) is 6. The molecule has 6 nitrogen and oxygen atoms in total. The van der Waals surface area contributed by atoms with Crippen molar-refractivity contribution in [3.05, 3.63) is 54.1 Å². The molecule has 0 saturated heterocycles. The molecule has 1 atom stereocenters. The number of nitrogens with zero attached hydrogens (tertiary/aromatic N) is 2. The van der Waals surface area contributed by atoms with Gasteiger partial charge in [-0.25, -0.2) is 4.31 Å². The third kappa shape index (κ3) is 3.73. The standard InChI is InChI=1S/C21H29N3O3S/c1-16-7-3-4-8-19(16)24-21-10-6-5-9-20(21)23(28(24,25)26)14-13-18(27-2)15-22-17-11-12-17/h3-10,17-18,22,25-26H,11-15H2,1-2H3/t18-/m0/s1. The molecular formula is C21H29N3O3S. The van der Waals surface area contributed by atoms with Crippen LogP contribution in [0.15, 0.2) is 48.5 Å². The molecule has 1 fully saturated rings. The second-order valence-electron chi connectivity index (χ2n) is 7.49. The molecule has 28 heavy (non-hydrogen) atoms. The largest absolute Gasteiger partial charge is 0.380 e. The lowest BCUT2D eigenvalue weighted by Gasteiger charge is -2.44. The van der Waals surface area contributed by atoms with Crippen LogP contribution < -0.4 is 13.9 Å². The Labute approximate surface area is 168 Å². The van der Waals surface area contributed by atoms with E-state index in [0.717, 1.165) is 29.2 Å². The Morgan fingerprint density at radius 3 is 2.36 bits per heavy atom. The highest BCUT2D eigenvalue weighted by molar-refractivity contribution is 8.27. The molecular weight excluding hydrogens is 374 g/mol. The van der Waals surface area contributed by atoms with Crippen LogP contribution in [0.25, 0.3) is 0 Å². The van der Waals surface area contributed by atoms with Crippen LogP contribution in [0.4, 0.5) is 17.1 Å². The van der Waals surface area contributed by atoms with E-state index in [0.29, 0.717) is 19.0 Å². The summed E-state index contributed by atoms with van der Waals surface area (Å²) in [6, 6.07) is 16.2. The van der Waals surface area contributed by atoms with E-state index in [1.807, 2.05) is 55.5 Å². The summed E-state index contributed by atoms with van der Waals surface area (Å²) in [4.78, 5) is 0. The van der Waals surface area contributed by atoms with Crippen LogP contribution in [-0.4, -0.2) is 41.5 Å². The molecule has 0 radical (unpaired) electrons. The molecule has 3 N–H and O–H groups in total. The van der Waals surface area contributed by atoms with Crippen molar-refractivity contribution in [1.82, 2.24) is 5.32 Å². The van der Waals surface area contributed by atoms with Gasteiger partial charge in [0.1, 0.15) is 0 Å². The number of methoxy groups -OCH3 is 1. The minimum atomic E-state index is -3.19. The molecule has 0 aromatic heterocycles. The second-order valence-corrected chi connectivity index (χ2v) is 9.28. The van der Waals surface area contributed by atoms with Gasteiger partial charge in [0.05, 0.1) is 23.2 Å². The molecule has 2 aromatic rings. The van der Waals surface area contributed by atoms with E-state index in [2.05, 4.69) is 5.32 Å². The van der Waals surface area contributed by atoms with E-state index in [-0.39, 0.29) is 6.10 Å². The first-order valence-electron chi connectivity index (χ1n) is 9.79. The first kappa shape index (κ1) is 19.5. The lowest BCUT2D eigenvalue weighted by atomic mass is 10.2. The van der Waals surface area contributed by atoms with Crippen LogP contribution in [-0.2, 0) is 4.74 Å². The number of nitrogens with one attached hydrogen (secondary N) is 1. The zero-order valence-electron chi connectivity index (χ0n) is 16.4. The topological polar surface area (TPSA) is 68.2 Å². The Morgan fingerprint density at radius 1 is 1.07 bits per heavy atom. The number of hydrogen-bond donors (Lipinski definition) is 3. The van der Waals surface area contributed by atoms with Gasteiger partial charge in [0.2, 0.25) is 0 Å². The fraction of sp³-hybridized carbons (Fsp3) is 0.429. The monoisotopic (exact) mass is 403 g/mol. The molecule has 1 aliphatic carbocycles. The Bertz CT molecular complexity index is 828. The zero-order valence-corrected chi connectivity index (χ0v) is 17.2. The minimum absolute atomic E-state index is 0.0375. The van der Waals surface area contributed by atoms with E-state index < -0.39 is 11.0 Å². The lowest BCUT2D eigenvalue weighted by Crippen LogP contribution is -2.36. The number of ether oxygens (including phenoxy) is 1. The summed E-state index contributed by atoms with van der Waals surface area (Å²) in [6.07, 6.45) is 3.22. The van der Waals surface area contributed by atoms with Crippen molar-refractivity contribution >= 4 is 28.0 Å². The van der Waals surface area contributed by atoms with Crippen molar-refractivity contribution in [2.24, 2.45) is 0 Å². The molecule has 7 heteroatoms. The Kier molecular flexibility index (Phi) is 5.53. The van der Waals surface area contributed by atoms with E-state index in [4.69, 9.17) is 4.74 Å². The number of aryl methyl sites for hydroxylation is 1. The fourth-order valence-electron chi connectivity index (χ4n) is 3.66. The molecule has 1 saturated carbocycles. The van der Waals surface area contributed by atoms with E-state index in [1.54, 1.807) is 15.7 Å². The zero-order chi connectivity index (χ0) is 19.7. The highest BCUT2D eigenvalue weighted by Gasteiger charge is 2.42. The Hall–Kier alpha value is -1.77. The van der Waals surface area contributed by atoms with Gasteiger partial charge < -0.3 is 10.1 Å². The smallest absolute Gasteiger partial charge is 0.0896 e. The van der Waals surface area contributed by atoms with Crippen LogP contribution in [0.5, 0.6) is 0 Å². The van der Waals surface area contributed by atoms with Crippen molar-refractivity contribution in [3.63, 3.8) is 0 Å². The van der Waals surface area contributed by atoms with Crippen LogP contribution in [0.3, 0.4) is 0 Å². The summed E-state index contributed by atoms with van der Waals surface area (Å²) < 4.78 is 31.6. The highest BCUT2D eigenvalue weighted by atomic mass is 32.3. The van der Waals surface area contributed by atoms with E-state index >= 15 is 0 Å². The Balaban J connectivity index is 1.58. The van der Waals surface area contributed by atoms with Gasteiger partial charge in [-0.05, 0) is 60.9 Å². The van der Waals surface area contributed by atoms with E-state index in [9.17, 15) is 9.11 Å². The van der Waals surface area contributed by atoms with Crippen LogP contribution in [0.2, 0.25) is 0 Å². The summed E-state index contributed by atoms with van der Waals surface area (Å²) >= 11 is 0. The van der Waals surface area contributed by atoms with Gasteiger partial charge in [0.15, 0.2) is 0 Å². The molecule has 0 amide bonds. The normalized spacial score (nSPS) is 20.1. The Morgan fingerprint density at radius 2 is 1.71 bits per heavy atom. The third-order valence-corrected chi connectivity index (χ3v) is 7.30. The van der Waals surface area contributed by atoms with Gasteiger partial charge in [0.25, 0.3) is 0 Å². The number of para-hydroxylation sites is 3. The quantitative estimate of drug-likeness (QED) is 0.594. The van der Waals surface area contributed by atoms with Gasteiger partial charge in [-0.1, -0.05) is 30.3 Å².